The third-order valence-corrected chi connectivity index (χ3v) is 4.99. The molecule has 3 rings (SSSR count). The average Bonchev–Trinajstić information content (AvgIpc) is 3.46. The molecule has 0 saturated heterocycles. The first kappa shape index (κ1) is 18.0. The molecule has 1 aliphatic rings. The Morgan fingerprint density at radius 1 is 1.23 bits per heavy atom. The number of para-hydroxylation sites is 1. The summed E-state index contributed by atoms with van der Waals surface area (Å²) in [4.78, 5) is 15.0. The van der Waals surface area contributed by atoms with E-state index < -0.39 is 0 Å². The van der Waals surface area contributed by atoms with Crippen LogP contribution in [-0.2, 0) is 11.3 Å². The predicted octanol–water partition coefficient (Wildman–Crippen LogP) is 4.11. The van der Waals surface area contributed by atoms with E-state index >= 15 is 0 Å². The van der Waals surface area contributed by atoms with Crippen molar-refractivity contribution in [3.63, 3.8) is 0 Å². The first-order chi connectivity index (χ1) is 12.5. The van der Waals surface area contributed by atoms with Crippen LogP contribution in [0.5, 0.6) is 5.75 Å². The van der Waals surface area contributed by atoms with Gasteiger partial charge in [-0.05, 0) is 55.5 Å². The van der Waals surface area contributed by atoms with Crippen LogP contribution in [0.25, 0.3) is 0 Å². The molecule has 0 heterocycles. The van der Waals surface area contributed by atoms with Crippen LogP contribution in [0.1, 0.15) is 42.9 Å². The third-order valence-electron chi connectivity index (χ3n) is 4.99. The second-order valence-electron chi connectivity index (χ2n) is 7.06. The van der Waals surface area contributed by atoms with E-state index in [1.54, 1.807) is 19.2 Å². The van der Waals surface area contributed by atoms with Crippen LogP contribution in [0.3, 0.4) is 0 Å². The van der Waals surface area contributed by atoms with E-state index in [2.05, 4.69) is 12.1 Å². The molecule has 2 aromatic carbocycles. The number of nitriles is 1. The molecule has 1 fully saturated rings. The number of amides is 1. The Kier molecular flexibility index (Phi) is 5.27. The number of carbonyl (C=O) groups excluding carboxylic acids is 1. The summed E-state index contributed by atoms with van der Waals surface area (Å²) in [6, 6.07) is 17.6. The molecule has 4 nitrogen and oxygen atoms in total. The summed E-state index contributed by atoms with van der Waals surface area (Å²) in [7, 11) is 1.67. The first-order valence-corrected chi connectivity index (χ1v) is 8.97. The molecule has 0 spiro atoms. The van der Waals surface area contributed by atoms with E-state index in [1.807, 2.05) is 49.1 Å². The van der Waals surface area contributed by atoms with Crippen molar-refractivity contribution in [1.82, 2.24) is 4.90 Å². The topological polar surface area (TPSA) is 53.3 Å². The Hall–Kier alpha value is -2.80. The minimum absolute atomic E-state index is 0.0204. The summed E-state index contributed by atoms with van der Waals surface area (Å²) in [5.41, 5.74) is 2.80. The largest absolute Gasteiger partial charge is 0.496 e. The molecule has 0 unspecified atom stereocenters. The lowest BCUT2D eigenvalue weighted by molar-refractivity contribution is -0.135. The number of hydrogen-bond donors (Lipinski definition) is 0. The lowest BCUT2D eigenvalue weighted by Crippen LogP contribution is -2.37. The molecule has 2 aromatic rings. The van der Waals surface area contributed by atoms with Crippen LogP contribution in [-0.4, -0.2) is 24.0 Å². The second kappa shape index (κ2) is 7.61. The maximum atomic E-state index is 13.1. The highest BCUT2D eigenvalue weighted by Crippen LogP contribution is 2.51. The summed E-state index contributed by atoms with van der Waals surface area (Å²) in [5.74, 6) is 1.31. The summed E-state index contributed by atoms with van der Waals surface area (Å²) in [6.45, 7) is 4.65. The normalized spacial score (nSPS) is 18.3. The van der Waals surface area contributed by atoms with Gasteiger partial charge in [0.05, 0.1) is 18.7 Å². The molecule has 0 bridgehead atoms. The van der Waals surface area contributed by atoms with Gasteiger partial charge in [0.2, 0.25) is 5.91 Å². The quantitative estimate of drug-likeness (QED) is 0.789. The predicted molar refractivity (Wildman–Crippen MR) is 101 cm³/mol. The number of carbonyl (C=O) groups is 1. The van der Waals surface area contributed by atoms with Gasteiger partial charge in [-0.15, -0.1) is 0 Å². The highest BCUT2D eigenvalue weighted by Gasteiger charge is 2.47. The average molecular weight is 348 g/mol. The van der Waals surface area contributed by atoms with E-state index in [-0.39, 0.29) is 23.8 Å². The molecule has 2 atom stereocenters. The van der Waals surface area contributed by atoms with Gasteiger partial charge in [0, 0.05) is 18.5 Å². The Labute approximate surface area is 155 Å². The molecule has 0 radical (unpaired) electrons. The van der Waals surface area contributed by atoms with Gasteiger partial charge in [-0.1, -0.05) is 30.3 Å². The van der Waals surface area contributed by atoms with E-state index in [4.69, 9.17) is 10.00 Å². The van der Waals surface area contributed by atoms with Crippen molar-refractivity contribution in [2.45, 2.75) is 38.8 Å². The van der Waals surface area contributed by atoms with E-state index in [9.17, 15) is 4.79 Å². The van der Waals surface area contributed by atoms with Crippen LogP contribution >= 0.6 is 0 Å². The monoisotopic (exact) mass is 348 g/mol. The lowest BCUT2D eigenvalue weighted by Gasteiger charge is -2.27. The van der Waals surface area contributed by atoms with Gasteiger partial charge in [0.25, 0.3) is 0 Å². The third kappa shape index (κ3) is 3.72. The standard InChI is InChI=1S/C22H24N2O2/c1-15(2)24(14-17-10-8-16(13-23)9-11-17)22(25)20-12-19(20)18-6-4-5-7-21(18)26-3/h4-11,15,19-20H,12,14H2,1-3H3/t19-,20+/m1/s1. The maximum Gasteiger partial charge on any atom is 0.226 e. The Balaban J connectivity index is 1.73. The van der Waals surface area contributed by atoms with Gasteiger partial charge in [-0.25, -0.2) is 0 Å². The van der Waals surface area contributed by atoms with Crippen LogP contribution in [0.4, 0.5) is 0 Å². The van der Waals surface area contributed by atoms with Crippen molar-refractivity contribution in [3.8, 4) is 11.8 Å². The summed E-state index contributed by atoms with van der Waals surface area (Å²) in [5, 5.41) is 8.92. The molecule has 134 valence electrons. The van der Waals surface area contributed by atoms with Gasteiger partial charge in [-0.2, -0.15) is 5.26 Å². The molecule has 4 heteroatoms. The van der Waals surface area contributed by atoms with Gasteiger partial charge in [0.1, 0.15) is 5.75 Å². The Bertz CT molecular complexity index is 821. The molecule has 1 aliphatic carbocycles. The number of methoxy groups -OCH3 is 1. The maximum absolute atomic E-state index is 13.1. The van der Waals surface area contributed by atoms with E-state index in [0.29, 0.717) is 12.1 Å². The summed E-state index contributed by atoms with van der Waals surface area (Å²) in [6.07, 6.45) is 0.871. The van der Waals surface area contributed by atoms with Gasteiger partial charge < -0.3 is 9.64 Å². The van der Waals surface area contributed by atoms with E-state index in [1.165, 1.54) is 0 Å². The number of nitrogens with zero attached hydrogens (tertiary/aromatic N) is 2. The van der Waals surface area contributed by atoms with Crippen molar-refractivity contribution in [1.29, 1.82) is 5.26 Å². The first-order valence-electron chi connectivity index (χ1n) is 8.97. The second-order valence-corrected chi connectivity index (χ2v) is 7.06. The summed E-state index contributed by atoms with van der Waals surface area (Å²) >= 11 is 0. The molecule has 26 heavy (non-hydrogen) atoms. The Morgan fingerprint density at radius 3 is 2.54 bits per heavy atom. The molecule has 1 amide bonds. The Morgan fingerprint density at radius 2 is 1.92 bits per heavy atom. The van der Waals surface area contributed by atoms with Crippen molar-refractivity contribution < 1.29 is 9.53 Å². The SMILES string of the molecule is COc1ccccc1[C@H]1C[C@@H]1C(=O)N(Cc1ccc(C#N)cc1)C(C)C. The van der Waals surface area contributed by atoms with Gasteiger partial charge in [0.15, 0.2) is 0 Å². The van der Waals surface area contributed by atoms with Crippen molar-refractivity contribution in [3.05, 3.63) is 65.2 Å². The zero-order valence-corrected chi connectivity index (χ0v) is 15.5. The zero-order valence-electron chi connectivity index (χ0n) is 15.5. The molecule has 0 aliphatic heterocycles. The molecule has 0 N–H and O–H groups in total. The van der Waals surface area contributed by atoms with Crippen molar-refractivity contribution >= 4 is 5.91 Å². The minimum atomic E-state index is 0.0204. The molecule has 1 saturated carbocycles. The number of hydrogen-bond acceptors (Lipinski definition) is 3. The van der Waals surface area contributed by atoms with Crippen LogP contribution in [0.2, 0.25) is 0 Å². The van der Waals surface area contributed by atoms with Gasteiger partial charge >= 0.3 is 0 Å². The van der Waals surface area contributed by atoms with Crippen LogP contribution in [0.15, 0.2) is 48.5 Å². The highest BCUT2D eigenvalue weighted by molar-refractivity contribution is 5.83. The summed E-state index contributed by atoms with van der Waals surface area (Å²) < 4.78 is 5.45. The van der Waals surface area contributed by atoms with Crippen LogP contribution in [0, 0.1) is 17.2 Å². The fourth-order valence-electron chi connectivity index (χ4n) is 3.39. The minimum Gasteiger partial charge on any atom is -0.496 e. The van der Waals surface area contributed by atoms with Crippen LogP contribution < -0.4 is 4.74 Å². The number of benzene rings is 2. The smallest absolute Gasteiger partial charge is 0.226 e. The number of ether oxygens (including phenoxy) is 1. The lowest BCUT2D eigenvalue weighted by atomic mass is 10.1. The molecular weight excluding hydrogens is 324 g/mol. The molecule has 0 aromatic heterocycles. The van der Waals surface area contributed by atoms with Crippen molar-refractivity contribution in [2.75, 3.05) is 7.11 Å². The zero-order chi connectivity index (χ0) is 18.7. The van der Waals surface area contributed by atoms with Gasteiger partial charge in [-0.3, -0.25) is 4.79 Å². The molecular formula is C22H24N2O2. The fraction of sp³-hybridized carbons (Fsp3) is 0.364. The number of rotatable bonds is 6. The van der Waals surface area contributed by atoms with E-state index in [0.717, 1.165) is 23.3 Å². The van der Waals surface area contributed by atoms with Crippen molar-refractivity contribution in [2.24, 2.45) is 5.92 Å². The highest BCUT2D eigenvalue weighted by atomic mass is 16.5. The fourth-order valence-corrected chi connectivity index (χ4v) is 3.39.